The number of nitrogens with one attached hydrogen (secondary N) is 1. The summed E-state index contributed by atoms with van der Waals surface area (Å²) >= 11 is 3.51. The third-order valence-electron chi connectivity index (χ3n) is 3.08. The second kappa shape index (κ2) is 7.04. The third kappa shape index (κ3) is 3.92. The molecule has 1 aromatic heterocycles. The molecule has 1 atom stereocenters. The first kappa shape index (κ1) is 15.4. The van der Waals surface area contributed by atoms with Crippen molar-refractivity contribution in [2.75, 3.05) is 6.54 Å². The lowest BCUT2D eigenvalue weighted by molar-refractivity contribution is -0.117. The predicted octanol–water partition coefficient (Wildman–Crippen LogP) is 2.47. The normalized spacial score (nSPS) is 12.7. The number of halogens is 1. The number of hydrogen-bond donors (Lipinski definition) is 1. The second-order valence-electron chi connectivity index (χ2n) is 4.57. The van der Waals surface area contributed by atoms with Crippen molar-refractivity contribution in [1.29, 1.82) is 0 Å². The van der Waals surface area contributed by atoms with Crippen LogP contribution in [-0.4, -0.2) is 28.2 Å². The van der Waals surface area contributed by atoms with Gasteiger partial charge in [-0.1, -0.05) is 6.92 Å². The van der Waals surface area contributed by atoms with E-state index in [2.05, 4.69) is 40.2 Å². The minimum atomic E-state index is 0.200. The van der Waals surface area contributed by atoms with Gasteiger partial charge < -0.3 is 5.32 Å². The summed E-state index contributed by atoms with van der Waals surface area (Å²) in [6, 6.07) is 0.384. The highest BCUT2D eigenvalue weighted by molar-refractivity contribution is 9.10. The standard InChI is InChI=1S/C13H22BrN3O/c1-5-9(3)15-8-11(18)7-12-13(14)10(4)16-17(12)6-2/h9,15H,5-8H2,1-4H3. The van der Waals surface area contributed by atoms with Crippen LogP contribution < -0.4 is 5.32 Å². The van der Waals surface area contributed by atoms with Gasteiger partial charge in [0.15, 0.2) is 5.78 Å². The lowest BCUT2D eigenvalue weighted by atomic mass is 10.2. The summed E-state index contributed by atoms with van der Waals surface area (Å²) < 4.78 is 2.85. The number of Topliss-reactive ketones (excluding diaryl/α,β-unsaturated/α-hetero) is 1. The number of carbonyl (C=O) groups is 1. The summed E-state index contributed by atoms with van der Waals surface area (Å²) in [5.41, 5.74) is 1.92. The Labute approximate surface area is 117 Å². The number of nitrogens with zero attached hydrogens (tertiary/aromatic N) is 2. The van der Waals surface area contributed by atoms with Crippen LogP contribution in [0, 0.1) is 6.92 Å². The molecule has 0 aliphatic carbocycles. The van der Waals surface area contributed by atoms with E-state index < -0.39 is 0 Å². The van der Waals surface area contributed by atoms with E-state index >= 15 is 0 Å². The number of ketones is 1. The van der Waals surface area contributed by atoms with Crippen molar-refractivity contribution in [2.24, 2.45) is 0 Å². The molecule has 0 bridgehead atoms. The van der Waals surface area contributed by atoms with Gasteiger partial charge in [-0.05, 0) is 43.1 Å². The second-order valence-corrected chi connectivity index (χ2v) is 5.36. The van der Waals surface area contributed by atoms with Crippen LogP contribution in [0.5, 0.6) is 0 Å². The maximum absolute atomic E-state index is 11.9. The molecule has 102 valence electrons. The zero-order valence-electron chi connectivity index (χ0n) is 11.6. The van der Waals surface area contributed by atoms with Crippen molar-refractivity contribution in [3.63, 3.8) is 0 Å². The van der Waals surface area contributed by atoms with Gasteiger partial charge in [0.1, 0.15) is 0 Å². The molecule has 0 spiro atoms. The summed E-state index contributed by atoms with van der Waals surface area (Å²) in [5, 5.41) is 7.61. The summed E-state index contributed by atoms with van der Waals surface area (Å²) in [7, 11) is 0. The Morgan fingerprint density at radius 2 is 2.17 bits per heavy atom. The Balaban J connectivity index is 2.64. The highest BCUT2D eigenvalue weighted by Gasteiger charge is 2.15. The van der Waals surface area contributed by atoms with Crippen LogP contribution >= 0.6 is 15.9 Å². The fraction of sp³-hybridized carbons (Fsp3) is 0.692. The molecule has 18 heavy (non-hydrogen) atoms. The van der Waals surface area contributed by atoms with Crippen LogP contribution in [-0.2, 0) is 17.8 Å². The molecule has 1 aromatic rings. The maximum Gasteiger partial charge on any atom is 0.152 e. The average Bonchev–Trinajstić information content (AvgIpc) is 2.63. The molecule has 0 aromatic carbocycles. The summed E-state index contributed by atoms with van der Waals surface area (Å²) in [6.45, 7) is 9.38. The van der Waals surface area contributed by atoms with Crippen LogP contribution in [0.15, 0.2) is 4.47 Å². The minimum Gasteiger partial charge on any atom is -0.307 e. The van der Waals surface area contributed by atoms with Gasteiger partial charge in [0.2, 0.25) is 0 Å². The quantitative estimate of drug-likeness (QED) is 0.841. The highest BCUT2D eigenvalue weighted by Crippen LogP contribution is 2.21. The molecule has 0 fully saturated rings. The Kier molecular flexibility index (Phi) is 6.02. The van der Waals surface area contributed by atoms with E-state index in [-0.39, 0.29) is 5.78 Å². The molecule has 0 radical (unpaired) electrons. The molecule has 0 saturated heterocycles. The molecule has 0 aliphatic heterocycles. The molecule has 0 saturated carbocycles. The van der Waals surface area contributed by atoms with E-state index in [1.165, 1.54) is 0 Å². The first-order valence-corrected chi connectivity index (χ1v) is 7.25. The monoisotopic (exact) mass is 315 g/mol. The van der Waals surface area contributed by atoms with Crippen LogP contribution in [0.2, 0.25) is 0 Å². The number of rotatable bonds is 7. The number of aryl methyl sites for hydroxylation is 2. The summed E-state index contributed by atoms with van der Waals surface area (Å²) in [5.74, 6) is 0.200. The molecule has 1 N–H and O–H groups in total. The van der Waals surface area contributed by atoms with Crippen molar-refractivity contribution < 1.29 is 4.79 Å². The smallest absolute Gasteiger partial charge is 0.152 e. The maximum atomic E-state index is 11.9. The molecule has 1 heterocycles. The molecule has 5 heteroatoms. The van der Waals surface area contributed by atoms with Crippen molar-refractivity contribution in [3.8, 4) is 0 Å². The number of aromatic nitrogens is 2. The van der Waals surface area contributed by atoms with Crippen LogP contribution in [0.3, 0.4) is 0 Å². The van der Waals surface area contributed by atoms with Gasteiger partial charge in [-0.2, -0.15) is 5.10 Å². The molecule has 4 nitrogen and oxygen atoms in total. The molecular weight excluding hydrogens is 294 g/mol. The van der Waals surface area contributed by atoms with Crippen LogP contribution in [0.25, 0.3) is 0 Å². The van der Waals surface area contributed by atoms with Gasteiger partial charge in [0.05, 0.1) is 28.8 Å². The fourth-order valence-corrected chi connectivity index (χ4v) is 2.14. The molecule has 0 aliphatic rings. The molecule has 1 rings (SSSR count). The van der Waals surface area contributed by atoms with Gasteiger partial charge in [0.25, 0.3) is 0 Å². The molecular formula is C13H22BrN3O. The van der Waals surface area contributed by atoms with E-state index in [4.69, 9.17) is 0 Å². The average molecular weight is 316 g/mol. The minimum absolute atomic E-state index is 0.200. The lowest BCUT2D eigenvalue weighted by Crippen LogP contribution is -2.32. The summed E-state index contributed by atoms with van der Waals surface area (Å²) in [6.07, 6.45) is 1.46. The zero-order valence-corrected chi connectivity index (χ0v) is 13.2. The molecule has 0 amide bonds. The van der Waals surface area contributed by atoms with Crippen LogP contribution in [0.4, 0.5) is 0 Å². The third-order valence-corrected chi connectivity index (χ3v) is 4.11. The summed E-state index contributed by atoms with van der Waals surface area (Å²) in [4.78, 5) is 11.9. The Morgan fingerprint density at radius 3 is 2.72 bits per heavy atom. The SMILES string of the molecule is CCC(C)NCC(=O)Cc1c(Br)c(C)nn1CC. The topological polar surface area (TPSA) is 46.9 Å². The number of hydrogen-bond acceptors (Lipinski definition) is 3. The zero-order chi connectivity index (χ0) is 13.7. The lowest BCUT2D eigenvalue weighted by Gasteiger charge is -2.10. The van der Waals surface area contributed by atoms with E-state index in [0.717, 1.165) is 28.8 Å². The Morgan fingerprint density at radius 1 is 1.50 bits per heavy atom. The van der Waals surface area contributed by atoms with E-state index in [0.29, 0.717) is 19.0 Å². The highest BCUT2D eigenvalue weighted by atomic mass is 79.9. The van der Waals surface area contributed by atoms with Crippen LogP contribution in [0.1, 0.15) is 38.6 Å². The van der Waals surface area contributed by atoms with E-state index in [1.807, 2.05) is 18.5 Å². The Bertz CT molecular complexity index is 415. The van der Waals surface area contributed by atoms with Crippen molar-refractivity contribution in [3.05, 3.63) is 15.9 Å². The largest absolute Gasteiger partial charge is 0.307 e. The van der Waals surface area contributed by atoms with Crippen molar-refractivity contribution in [1.82, 2.24) is 15.1 Å². The predicted molar refractivity (Wildman–Crippen MR) is 76.8 cm³/mol. The molecule has 1 unspecified atom stereocenters. The van der Waals surface area contributed by atoms with Crippen molar-refractivity contribution in [2.45, 2.75) is 53.1 Å². The first-order chi connectivity index (χ1) is 8.49. The fourth-order valence-electron chi connectivity index (χ4n) is 1.72. The first-order valence-electron chi connectivity index (χ1n) is 6.46. The van der Waals surface area contributed by atoms with Crippen molar-refractivity contribution >= 4 is 21.7 Å². The number of carbonyl (C=O) groups excluding carboxylic acids is 1. The van der Waals surface area contributed by atoms with Gasteiger partial charge in [-0.3, -0.25) is 9.48 Å². The van der Waals surface area contributed by atoms with Gasteiger partial charge in [-0.25, -0.2) is 0 Å². The Hall–Kier alpha value is -0.680. The van der Waals surface area contributed by atoms with Gasteiger partial charge >= 0.3 is 0 Å². The van der Waals surface area contributed by atoms with Gasteiger partial charge in [0, 0.05) is 12.6 Å². The van der Waals surface area contributed by atoms with E-state index in [1.54, 1.807) is 0 Å². The van der Waals surface area contributed by atoms with E-state index in [9.17, 15) is 4.79 Å². The van der Waals surface area contributed by atoms with Gasteiger partial charge in [-0.15, -0.1) is 0 Å².